The van der Waals surface area contributed by atoms with Gasteiger partial charge >= 0.3 is 0 Å². The summed E-state index contributed by atoms with van der Waals surface area (Å²) in [6.45, 7) is 9.21. The second kappa shape index (κ2) is 8.09. The van der Waals surface area contributed by atoms with Crippen molar-refractivity contribution >= 4 is 17.7 Å². The number of hydrogen-bond acceptors (Lipinski definition) is 6. The fraction of sp³-hybridized carbons (Fsp3) is 0.591. The van der Waals surface area contributed by atoms with Gasteiger partial charge in [-0.05, 0) is 29.5 Å². The Hall–Kier alpha value is -2.29. The third-order valence-electron chi connectivity index (χ3n) is 6.84. The summed E-state index contributed by atoms with van der Waals surface area (Å²) in [5.41, 5.74) is 2.88. The SMILES string of the molecule is O=C1CCC(N2Cc3cc(CN4CCN(CC5CNC5)CC4)ccc3C2=O)C(=O)N1. The van der Waals surface area contributed by atoms with Crippen LogP contribution >= 0.6 is 0 Å². The highest BCUT2D eigenvalue weighted by Gasteiger charge is 2.39. The Labute approximate surface area is 176 Å². The average molecular weight is 412 g/mol. The van der Waals surface area contributed by atoms with Gasteiger partial charge < -0.3 is 15.1 Å². The van der Waals surface area contributed by atoms with E-state index in [0.29, 0.717) is 18.5 Å². The molecule has 3 saturated heterocycles. The molecule has 0 aromatic heterocycles. The molecule has 1 atom stereocenters. The summed E-state index contributed by atoms with van der Waals surface area (Å²) >= 11 is 0. The first-order chi connectivity index (χ1) is 14.6. The number of carbonyl (C=O) groups excluding carboxylic acids is 3. The van der Waals surface area contributed by atoms with Gasteiger partial charge in [-0.3, -0.25) is 24.6 Å². The molecule has 8 nitrogen and oxygen atoms in total. The zero-order valence-electron chi connectivity index (χ0n) is 17.2. The lowest BCUT2D eigenvalue weighted by atomic mass is 10.0. The fourth-order valence-electron chi connectivity index (χ4n) is 4.96. The van der Waals surface area contributed by atoms with Crippen LogP contribution in [0.5, 0.6) is 0 Å². The third-order valence-corrected chi connectivity index (χ3v) is 6.84. The molecule has 3 amide bonds. The molecule has 4 aliphatic heterocycles. The molecule has 30 heavy (non-hydrogen) atoms. The van der Waals surface area contributed by atoms with E-state index in [1.54, 1.807) is 4.90 Å². The van der Waals surface area contributed by atoms with Crippen LogP contribution in [-0.4, -0.2) is 84.3 Å². The van der Waals surface area contributed by atoms with Crippen molar-refractivity contribution in [1.82, 2.24) is 25.3 Å². The maximum absolute atomic E-state index is 12.8. The first kappa shape index (κ1) is 19.7. The third kappa shape index (κ3) is 3.87. The Morgan fingerprint density at radius 1 is 1.00 bits per heavy atom. The van der Waals surface area contributed by atoms with E-state index >= 15 is 0 Å². The minimum Gasteiger partial charge on any atom is -0.322 e. The van der Waals surface area contributed by atoms with Gasteiger partial charge in [0.15, 0.2) is 0 Å². The Morgan fingerprint density at radius 2 is 1.77 bits per heavy atom. The van der Waals surface area contributed by atoms with Crippen LogP contribution in [0.15, 0.2) is 18.2 Å². The smallest absolute Gasteiger partial charge is 0.255 e. The fourth-order valence-corrected chi connectivity index (χ4v) is 4.96. The molecule has 1 unspecified atom stereocenters. The number of piperidine rings is 1. The molecule has 0 radical (unpaired) electrons. The van der Waals surface area contributed by atoms with Gasteiger partial charge in [0.05, 0.1) is 0 Å². The second-order valence-corrected chi connectivity index (χ2v) is 8.99. The van der Waals surface area contributed by atoms with Crippen LogP contribution in [0.2, 0.25) is 0 Å². The van der Waals surface area contributed by atoms with E-state index < -0.39 is 6.04 Å². The predicted molar refractivity (Wildman–Crippen MR) is 111 cm³/mol. The van der Waals surface area contributed by atoms with Gasteiger partial charge in [-0.15, -0.1) is 0 Å². The van der Waals surface area contributed by atoms with Crippen molar-refractivity contribution in [2.24, 2.45) is 5.92 Å². The molecule has 2 N–H and O–H groups in total. The lowest BCUT2D eigenvalue weighted by Crippen LogP contribution is -2.53. The van der Waals surface area contributed by atoms with Crippen molar-refractivity contribution in [3.8, 4) is 0 Å². The summed E-state index contributed by atoms with van der Waals surface area (Å²) in [7, 11) is 0. The lowest BCUT2D eigenvalue weighted by molar-refractivity contribution is -0.136. The maximum Gasteiger partial charge on any atom is 0.255 e. The van der Waals surface area contributed by atoms with E-state index in [1.165, 1.54) is 12.1 Å². The lowest BCUT2D eigenvalue weighted by Gasteiger charge is -2.38. The van der Waals surface area contributed by atoms with Crippen LogP contribution in [0.1, 0.15) is 34.3 Å². The Morgan fingerprint density at radius 3 is 2.47 bits per heavy atom. The van der Waals surface area contributed by atoms with Crippen LogP contribution in [0.3, 0.4) is 0 Å². The average Bonchev–Trinajstić information content (AvgIpc) is 3.02. The van der Waals surface area contributed by atoms with E-state index in [-0.39, 0.29) is 24.1 Å². The number of rotatable bonds is 5. The number of piperazine rings is 1. The number of fused-ring (bicyclic) bond motifs is 1. The minimum atomic E-state index is -0.551. The molecule has 0 bridgehead atoms. The largest absolute Gasteiger partial charge is 0.322 e. The number of amides is 3. The van der Waals surface area contributed by atoms with E-state index in [4.69, 9.17) is 0 Å². The molecular formula is C22H29N5O3. The molecule has 5 rings (SSSR count). The van der Waals surface area contributed by atoms with Gasteiger partial charge in [-0.25, -0.2) is 0 Å². The first-order valence-electron chi connectivity index (χ1n) is 11.0. The van der Waals surface area contributed by atoms with Crippen molar-refractivity contribution in [1.29, 1.82) is 0 Å². The van der Waals surface area contributed by atoms with E-state index in [1.807, 2.05) is 12.1 Å². The normalized spacial score (nSPS) is 25.9. The van der Waals surface area contributed by atoms with Crippen LogP contribution < -0.4 is 10.6 Å². The number of carbonyl (C=O) groups is 3. The molecule has 1 aromatic carbocycles. The Kier molecular flexibility index (Phi) is 5.30. The molecule has 4 aliphatic rings. The van der Waals surface area contributed by atoms with Crippen LogP contribution in [0.25, 0.3) is 0 Å². The van der Waals surface area contributed by atoms with Crippen molar-refractivity contribution < 1.29 is 14.4 Å². The van der Waals surface area contributed by atoms with Gasteiger partial charge in [0.25, 0.3) is 5.91 Å². The van der Waals surface area contributed by atoms with Gasteiger partial charge in [0.1, 0.15) is 6.04 Å². The highest BCUT2D eigenvalue weighted by Crippen LogP contribution is 2.28. The van der Waals surface area contributed by atoms with Crippen molar-refractivity contribution in [2.45, 2.75) is 32.0 Å². The number of hydrogen-bond donors (Lipinski definition) is 2. The molecule has 0 aliphatic carbocycles. The van der Waals surface area contributed by atoms with E-state index in [2.05, 4.69) is 26.5 Å². The van der Waals surface area contributed by atoms with Crippen molar-refractivity contribution in [2.75, 3.05) is 45.8 Å². The summed E-state index contributed by atoms with van der Waals surface area (Å²) in [6, 6.07) is 5.51. The van der Waals surface area contributed by atoms with E-state index in [9.17, 15) is 14.4 Å². The zero-order valence-corrected chi connectivity index (χ0v) is 17.2. The van der Waals surface area contributed by atoms with Crippen LogP contribution in [-0.2, 0) is 22.7 Å². The molecule has 0 saturated carbocycles. The summed E-state index contributed by atoms with van der Waals surface area (Å²) in [5, 5.41) is 5.70. The number of imide groups is 1. The van der Waals surface area contributed by atoms with Crippen LogP contribution in [0.4, 0.5) is 0 Å². The molecule has 1 aromatic rings. The molecule has 4 heterocycles. The monoisotopic (exact) mass is 411 g/mol. The van der Waals surface area contributed by atoms with E-state index in [0.717, 1.165) is 57.3 Å². The van der Waals surface area contributed by atoms with Crippen molar-refractivity contribution in [3.63, 3.8) is 0 Å². The maximum atomic E-state index is 12.8. The number of benzene rings is 1. The number of nitrogens with zero attached hydrogens (tertiary/aromatic N) is 3. The standard InChI is InChI=1S/C22H29N5O3/c28-20-4-3-19(21(29)24-20)27-14-17-9-15(1-2-18(17)22(27)30)12-25-5-7-26(8-6-25)13-16-10-23-11-16/h1-2,9,16,19,23H,3-8,10-14H2,(H,24,28,29). The minimum absolute atomic E-state index is 0.106. The summed E-state index contributed by atoms with van der Waals surface area (Å²) in [5.74, 6) is 0.0959. The highest BCUT2D eigenvalue weighted by molar-refractivity contribution is 6.05. The molecule has 3 fully saturated rings. The molecule has 0 spiro atoms. The summed E-state index contributed by atoms with van der Waals surface area (Å²) in [6.07, 6.45) is 0.684. The van der Waals surface area contributed by atoms with Crippen LogP contribution in [0, 0.1) is 5.92 Å². The molecular weight excluding hydrogens is 382 g/mol. The Balaban J connectivity index is 1.18. The van der Waals surface area contributed by atoms with Gasteiger partial charge in [0.2, 0.25) is 11.8 Å². The van der Waals surface area contributed by atoms with Gasteiger partial charge in [0, 0.05) is 70.9 Å². The molecule has 8 heteroatoms. The zero-order chi connectivity index (χ0) is 20.7. The quantitative estimate of drug-likeness (QED) is 0.652. The summed E-state index contributed by atoms with van der Waals surface area (Å²) in [4.78, 5) is 43.1. The first-order valence-corrected chi connectivity index (χ1v) is 11.0. The second-order valence-electron chi connectivity index (χ2n) is 8.99. The predicted octanol–water partition coefficient (Wildman–Crippen LogP) is -0.215. The topological polar surface area (TPSA) is 85.0 Å². The Bertz CT molecular complexity index is 860. The number of nitrogens with one attached hydrogen (secondary N) is 2. The van der Waals surface area contributed by atoms with Gasteiger partial charge in [-0.2, -0.15) is 0 Å². The highest BCUT2D eigenvalue weighted by atomic mass is 16.2. The molecule has 160 valence electrons. The van der Waals surface area contributed by atoms with Crippen molar-refractivity contribution in [3.05, 3.63) is 34.9 Å². The van der Waals surface area contributed by atoms with Gasteiger partial charge in [-0.1, -0.05) is 12.1 Å². The summed E-state index contributed by atoms with van der Waals surface area (Å²) < 4.78 is 0.